The van der Waals surface area contributed by atoms with E-state index in [0.29, 0.717) is 12.1 Å². The van der Waals surface area contributed by atoms with Gasteiger partial charge in [0.05, 0.1) is 0 Å². The first-order chi connectivity index (χ1) is 8.38. The quantitative estimate of drug-likeness (QED) is 0.645. The highest BCUT2D eigenvalue weighted by Gasteiger charge is 2.25. The van der Waals surface area contributed by atoms with Gasteiger partial charge in [0.25, 0.3) is 0 Å². The van der Waals surface area contributed by atoms with Gasteiger partial charge in [-0.05, 0) is 31.0 Å². The highest BCUT2D eigenvalue weighted by atomic mass is 15.4. The molecule has 2 aromatic rings. The zero-order chi connectivity index (χ0) is 11.7. The van der Waals surface area contributed by atoms with E-state index < -0.39 is 0 Å². The van der Waals surface area contributed by atoms with Crippen LogP contribution >= 0.6 is 0 Å². The van der Waals surface area contributed by atoms with Crippen molar-refractivity contribution in [3.63, 3.8) is 0 Å². The number of aromatic amines is 1. The average molecular weight is 230 g/mol. The van der Waals surface area contributed by atoms with Crippen LogP contribution in [0.15, 0.2) is 30.5 Å². The molecule has 2 atom stereocenters. The van der Waals surface area contributed by atoms with Crippen LogP contribution in [0.2, 0.25) is 0 Å². The highest BCUT2D eigenvalue weighted by Crippen LogP contribution is 2.29. The van der Waals surface area contributed by atoms with Gasteiger partial charge >= 0.3 is 0 Å². The molecule has 1 saturated heterocycles. The van der Waals surface area contributed by atoms with E-state index in [2.05, 4.69) is 46.3 Å². The van der Waals surface area contributed by atoms with Crippen LogP contribution in [-0.4, -0.2) is 17.6 Å². The smallest absolute Gasteiger partial charge is 0.0498 e. The van der Waals surface area contributed by atoms with E-state index in [9.17, 15) is 0 Å². The molecule has 1 aliphatic rings. The average Bonchev–Trinajstić information content (AvgIpc) is 2.95. The first-order valence-corrected chi connectivity index (χ1v) is 6.15. The second-order valence-corrected chi connectivity index (χ2v) is 4.64. The van der Waals surface area contributed by atoms with Gasteiger partial charge in [0, 0.05) is 29.2 Å². The van der Waals surface area contributed by atoms with Crippen molar-refractivity contribution in [3.8, 4) is 0 Å². The van der Waals surface area contributed by atoms with Crippen LogP contribution in [0, 0.1) is 0 Å². The van der Waals surface area contributed by atoms with Crippen LogP contribution in [0.25, 0.3) is 10.9 Å². The van der Waals surface area contributed by atoms with Crippen molar-refractivity contribution in [1.29, 1.82) is 0 Å². The van der Waals surface area contributed by atoms with E-state index >= 15 is 0 Å². The van der Waals surface area contributed by atoms with Crippen molar-refractivity contribution < 1.29 is 0 Å². The number of nitrogens with one attached hydrogen (secondary N) is 3. The number of rotatable bonds is 3. The summed E-state index contributed by atoms with van der Waals surface area (Å²) in [6, 6.07) is 9.28. The molecule has 4 heteroatoms. The number of para-hydroxylation sites is 1. The fourth-order valence-electron chi connectivity index (χ4n) is 2.60. The third kappa shape index (κ3) is 1.95. The number of fused-ring (bicyclic) bond motifs is 1. The van der Waals surface area contributed by atoms with Gasteiger partial charge < -0.3 is 10.7 Å². The summed E-state index contributed by atoms with van der Waals surface area (Å²) in [6.45, 7) is 0.736. The van der Waals surface area contributed by atoms with Gasteiger partial charge in [0.15, 0.2) is 0 Å². The third-order valence-corrected chi connectivity index (χ3v) is 3.49. The van der Waals surface area contributed by atoms with Crippen molar-refractivity contribution in [2.75, 3.05) is 6.54 Å². The minimum Gasteiger partial charge on any atom is -0.361 e. The molecule has 0 aliphatic carbocycles. The summed E-state index contributed by atoms with van der Waals surface area (Å²) < 4.78 is 0. The number of hydrazine groups is 1. The fraction of sp³-hybridized carbons (Fsp3) is 0.385. The molecule has 90 valence electrons. The number of hydrogen-bond acceptors (Lipinski definition) is 3. The molecular formula is C13H18N4. The summed E-state index contributed by atoms with van der Waals surface area (Å²) in [5, 5.41) is 1.31. The van der Waals surface area contributed by atoms with Gasteiger partial charge in [-0.3, -0.25) is 5.43 Å². The van der Waals surface area contributed by atoms with Crippen molar-refractivity contribution in [2.24, 2.45) is 5.73 Å². The van der Waals surface area contributed by atoms with Crippen LogP contribution in [0.5, 0.6) is 0 Å². The van der Waals surface area contributed by atoms with Crippen LogP contribution in [0.4, 0.5) is 0 Å². The molecule has 1 fully saturated rings. The summed E-state index contributed by atoms with van der Waals surface area (Å²) in [6.07, 6.45) is 4.22. The molecule has 17 heavy (non-hydrogen) atoms. The van der Waals surface area contributed by atoms with Crippen molar-refractivity contribution in [3.05, 3.63) is 36.0 Å². The van der Waals surface area contributed by atoms with Gasteiger partial charge in [-0.25, -0.2) is 5.43 Å². The predicted octanol–water partition coefficient (Wildman–Crippen LogP) is 1.42. The van der Waals surface area contributed by atoms with E-state index in [4.69, 9.17) is 5.73 Å². The number of nitrogens with two attached hydrogens (primary N) is 1. The lowest BCUT2D eigenvalue weighted by atomic mass is 10.0. The maximum Gasteiger partial charge on any atom is 0.0498 e. The van der Waals surface area contributed by atoms with E-state index in [1.807, 2.05) is 0 Å². The Morgan fingerprint density at radius 1 is 1.24 bits per heavy atom. The molecule has 0 spiro atoms. The highest BCUT2D eigenvalue weighted by molar-refractivity contribution is 5.83. The van der Waals surface area contributed by atoms with Gasteiger partial charge in [-0.15, -0.1) is 0 Å². The largest absolute Gasteiger partial charge is 0.361 e. The Morgan fingerprint density at radius 2 is 2.12 bits per heavy atom. The second-order valence-electron chi connectivity index (χ2n) is 4.64. The van der Waals surface area contributed by atoms with Crippen LogP contribution in [-0.2, 0) is 0 Å². The molecule has 1 aromatic carbocycles. The molecule has 0 amide bonds. The molecule has 1 aromatic heterocycles. The lowest BCUT2D eigenvalue weighted by molar-refractivity contribution is 0.521. The number of benzene rings is 1. The number of H-pyrrole nitrogens is 1. The SMILES string of the molecule is NCCC1CC(c2c[nH]c3ccccc23)NN1. The van der Waals surface area contributed by atoms with Crippen molar-refractivity contribution in [1.82, 2.24) is 15.8 Å². The Morgan fingerprint density at radius 3 is 3.00 bits per heavy atom. The fourth-order valence-corrected chi connectivity index (χ4v) is 2.60. The maximum atomic E-state index is 5.59. The molecule has 2 heterocycles. The molecule has 3 rings (SSSR count). The molecule has 1 aliphatic heterocycles. The Balaban J connectivity index is 1.85. The Kier molecular flexibility index (Phi) is 2.84. The minimum atomic E-state index is 0.377. The van der Waals surface area contributed by atoms with E-state index in [1.54, 1.807) is 0 Å². The summed E-state index contributed by atoms with van der Waals surface area (Å²) >= 11 is 0. The normalized spacial score (nSPS) is 24.5. The van der Waals surface area contributed by atoms with E-state index in [1.165, 1.54) is 16.5 Å². The molecule has 0 bridgehead atoms. The van der Waals surface area contributed by atoms with Crippen LogP contribution < -0.4 is 16.6 Å². The lowest BCUT2D eigenvalue weighted by Gasteiger charge is -2.07. The predicted molar refractivity (Wildman–Crippen MR) is 69.4 cm³/mol. The summed E-state index contributed by atoms with van der Waals surface area (Å²) in [7, 11) is 0. The maximum absolute atomic E-state index is 5.59. The van der Waals surface area contributed by atoms with Gasteiger partial charge in [0.2, 0.25) is 0 Å². The van der Waals surface area contributed by atoms with Crippen molar-refractivity contribution in [2.45, 2.75) is 24.9 Å². The molecule has 0 saturated carbocycles. The molecule has 5 N–H and O–H groups in total. The molecule has 0 radical (unpaired) electrons. The number of hydrogen-bond donors (Lipinski definition) is 4. The molecule has 4 nitrogen and oxygen atoms in total. The lowest BCUT2D eigenvalue weighted by Crippen LogP contribution is -2.32. The standard InChI is InChI=1S/C13H18N4/c14-6-5-9-7-13(17-16-9)11-8-15-12-4-2-1-3-10(11)12/h1-4,8-9,13,15-17H,5-7,14H2. The van der Waals surface area contributed by atoms with Gasteiger partial charge in [0.1, 0.15) is 0 Å². The molecule has 2 unspecified atom stereocenters. The first kappa shape index (κ1) is 10.8. The summed E-state index contributed by atoms with van der Waals surface area (Å²) in [4.78, 5) is 3.32. The Bertz CT molecular complexity index is 505. The Labute approximate surface area is 101 Å². The topological polar surface area (TPSA) is 65.9 Å². The summed E-state index contributed by atoms with van der Waals surface area (Å²) in [5.41, 5.74) is 14.8. The monoisotopic (exact) mass is 230 g/mol. The zero-order valence-corrected chi connectivity index (χ0v) is 9.74. The van der Waals surface area contributed by atoms with Gasteiger partial charge in [-0.2, -0.15) is 0 Å². The van der Waals surface area contributed by atoms with Crippen molar-refractivity contribution >= 4 is 10.9 Å². The number of aromatic nitrogens is 1. The van der Waals surface area contributed by atoms with E-state index in [-0.39, 0.29) is 0 Å². The molecular weight excluding hydrogens is 212 g/mol. The van der Waals surface area contributed by atoms with Crippen LogP contribution in [0.1, 0.15) is 24.4 Å². The van der Waals surface area contributed by atoms with Crippen LogP contribution in [0.3, 0.4) is 0 Å². The summed E-state index contributed by atoms with van der Waals surface area (Å²) in [5.74, 6) is 0. The van der Waals surface area contributed by atoms with E-state index in [0.717, 1.165) is 19.4 Å². The third-order valence-electron chi connectivity index (χ3n) is 3.49. The van der Waals surface area contributed by atoms with Gasteiger partial charge in [-0.1, -0.05) is 18.2 Å². The Hall–Kier alpha value is -1.36. The zero-order valence-electron chi connectivity index (χ0n) is 9.74. The first-order valence-electron chi connectivity index (χ1n) is 6.15. The second kappa shape index (κ2) is 4.49. The minimum absolute atomic E-state index is 0.377.